The van der Waals surface area contributed by atoms with Crippen molar-refractivity contribution in [3.63, 3.8) is 0 Å². The molecule has 0 fully saturated rings. The van der Waals surface area contributed by atoms with Crippen LogP contribution in [0.25, 0.3) is 0 Å². The van der Waals surface area contributed by atoms with Gasteiger partial charge < -0.3 is 5.32 Å². The number of alkyl halides is 1. The molecule has 0 aliphatic carbocycles. The molecule has 0 saturated heterocycles. The number of aryl methyl sites for hydroxylation is 1. The molecule has 21 heavy (non-hydrogen) atoms. The van der Waals surface area contributed by atoms with Crippen LogP contribution in [-0.2, 0) is 12.8 Å². The monoisotopic (exact) mass is 345 g/mol. The third-order valence-electron chi connectivity index (χ3n) is 3.47. The van der Waals surface area contributed by atoms with Gasteiger partial charge in [0.1, 0.15) is 0 Å². The number of carbonyl (C=O) groups is 1. The van der Waals surface area contributed by atoms with Crippen molar-refractivity contribution in [1.82, 2.24) is 5.32 Å². The molecule has 0 aliphatic rings. The molecule has 110 valence electrons. The Morgan fingerprint density at radius 3 is 2.29 bits per heavy atom. The molecular formula is C18H20BrNO. The lowest BCUT2D eigenvalue weighted by atomic mass is 10.1. The van der Waals surface area contributed by atoms with E-state index in [0.29, 0.717) is 5.56 Å². The highest BCUT2D eigenvalue weighted by molar-refractivity contribution is 9.09. The standard InChI is InChI=1S/C18H20BrNO/c1-2-14-8-10-16(11-9-14)18(21)20-17(13-19)12-15-6-4-3-5-7-15/h3-11,17H,2,12-13H2,1H3,(H,20,21). The molecule has 1 atom stereocenters. The Balaban J connectivity index is 1.98. The highest BCUT2D eigenvalue weighted by Crippen LogP contribution is 2.08. The van der Waals surface area contributed by atoms with Crippen LogP contribution >= 0.6 is 15.9 Å². The highest BCUT2D eigenvalue weighted by atomic mass is 79.9. The van der Waals surface area contributed by atoms with E-state index in [4.69, 9.17) is 0 Å². The smallest absolute Gasteiger partial charge is 0.251 e. The maximum atomic E-state index is 12.3. The van der Waals surface area contributed by atoms with Crippen LogP contribution in [-0.4, -0.2) is 17.3 Å². The molecule has 1 N–H and O–H groups in total. The third kappa shape index (κ3) is 4.71. The van der Waals surface area contributed by atoms with E-state index >= 15 is 0 Å². The molecule has 2 rings (SSSR count). The normalized spacial score (nSPS) is 11.9. The maximum Gasteiger partial charge on any atom is 0.251 e. The van der Waals surface area contributed by atoms with Crippen molar-refractivity contribution in [3.05, 3.63) is 71.3 Å². The van der Waals surface area contributed by atoms with Crippen molar-refractivity contribution < 1.29 is 4.79 Å². The van der Waals surface area contributed by atoms with Gasteiger partial charge >= 0.3 is 0 Å². The molecule has 0 aliphatic heterocycles. The Morgan fingerprint density at radius 2 is 1.71 bits per heavy atom. The van der Waals surface area contributed by atoms with Crippen molar-refractivity contribution in [2.75, 3.05) is 5.33 Å². The van der Waals surface area contributed by atoms with Gasteiger partial charge in [-0.1, -0.05) is 65.3 Å². The van der Waals surface area contributed by atoms with E-state index < -0.39 is 0 Å². The topological polar surface area (TPSA) is 29.1 Å². The van der Waals surface area contributed by atoms with Gasteiger partial charge in [0, 0.05) is 16.9 Å². The van der Waals surface area contributed by atoms with Crippen LogP contribution in [0.1, 0.15) is 28.4 Å². The summed E-state index contributed by atoms with van der Waals surface area (Å²) in [6.07, 6.45) is 1.81. The van der Waals surface area contributed by atoms with Gasteiger partial charge in [-0.05, 0) is 36.1 Å². The highest BCUT2D eigenvalue weighted by Gasteiger charge is 2.13. The number of carbonyl (C=O) groups excluding carboxylic acids is 1. The Morgan fingerprint density at radius 1 is 1.05 bits per heavy atom. The molecule has 1 unspecified atom stereocenters. The predicted octanol–water partition coefficient (Wildman–Crippen LogP) is 3.99. The second-order valence-corrected chi connectivity index (χ2v) is 5.71. The largest absolute Gasteiger partial charge is 0.348 e. The van der Waals surface area contributed by atoms with E-state index in [1.165, 1.54) is 11.1 Å². The van der Waals surface area contributed by atoms with Crippen LogP contribution in [0.2, 0.25) is 0 Å². The lowest BCUT2D eigenvalue weighted by molar-refractivity contribution is 0.0941. The number of hydrogen-bond donors (Lipinski definition) is 1. The van der Waals surface area contributed by atoms with Crippen LogP contribution in [0.4, 0.5) is 0 Å². The summed E-state index contributed by atoms with van der Waals surface area (Å²) in [5.74, 6) is -0.0157. The zero-order valence-corrected chi connectivity index (χ0v) is 13.8. The summed E-state index contributed by atoms with van der Waals surface area (Å²) in [6.45, 7) is 2.11. The summed E-state index contributed by atoms with van der Waals surface area (Å²) < 4.78 is 0. The van der Waals surface area contributed by atoms with Crippen molar-refractivity contribution in [1.29, 1.82) is 0 Å². The molecule has 0 aromatic heterocycles. The first kappa shape index (κ1) is 15.8. The lowest BCUT2D eigenvalue weighted by Crippen LogP contribution is -2.37. The van der Waals surface area contributed by atoms with Gasteiger partial charge in [0.2, 0.25) is 0 Å². The maximum absolute atomic E-state index is 12.3. The van der Waals surface area contributed by atoms with E-state index in [2.05, 4.69) is 40.3 Å². The van der Waals surface area contributed by atoms with Crippen LogP contribution < -0.4 is 5.32 Å². The second kappa shape index (κ2) is 7.99. The molecule has 0 radical (unpaired) electrons. The molecular weight excluding hydrogens is 326 g/mol. The molecule has 2 aromatic rings. The van der Waals surface area contributed by atoms with E-state index in [0.717, 1.165) is 18.2 Å². The average molecular weight is 346 g/mol. The average Bonchev–Trinajstić information content (AvgIpc) is 2.55. The molecule has 3 heteroatoms. The summed E-state index contributed by atoms with van der Waals surface area (Å²) in [5, 5.41) is 3.82. The Kier molecular flexibility index (Phi) is 6.00. The van der Waals surface area contributed by atoms with E-state index in [1.807, 2.05) is 42.5 Å². The number of amides is 1. The van der Waals surface area contributed by atoms with E-state index in [9.17, 15) is 4.79 Å². The first-order valence-electron chi connectivity index (χ1n) is 7.22. The minimum absolute atomic E-state index is 0.0157. The second-order valence-electron chi connectivity index (χ2n) is 5.06. The van der Waals surface area contributed by atoms with Crippen molar-refractivity contribution in [3.8, 4) is 0 Å². The number of rotatable bonds is 6. The zero-order chi connectivity index (χ0) is 15.1. The fraction of sp³-hybridized carbons (Fsp3) is 0.278. The number of halogens is 1. The Labute approximate surface area is 134 Å². The minimum atomic E-state index is -0.0157. The van der Waals surface area contributed by atoms with Gasteiger partial charge in [-0.3, -0.25) is 4.79 Å². The van der Waals surface area contributed by atoms with Gasteiger partial charge in [-0.2, -0.15) is 0 Å². The summed E-state index contributed by atoms with van der Waals surface area (Å²) >= 11 is 3.48. The van der Waals surface area contributed by atoms with Gasteiger partial charge in [-0.15, -0.1) is 0 Å². The summed E-state index contributed by atoms with van der Waals surface area (Å²) in [5.41, 5.74) is 3.18. The molecule has 2 nitrogen and oxygen atoms in total. The molecule has 0 spiro atoms. The molecule has 2 aromatic carbocycles. The van der Waals surface area contributed by atoms with E-state index in [1.54, 1.807) is 0 Å². The zero-order valence-electron chi connectivity index (χ0n) is 12.2. The minimum Gasteiger partial charge on any atom is -0.348 e. The molecule has 0 bridgehead atoms. The third-order valence-corrected chi connectivity index (χ3v) is 4.25. The first-order valence-corrected chi connectivity index (χ1v) is 8.34. The van der Waals surface area contributed by atoms with Crippen molar-refractivity contribution in [2.24, 2.45) is 0 Å². The van der Waals surface area contributed by atoms with Gasteiger partial charge in [-0.25, -0.2) is 0 Å². The quantitative estimate of drug-likeness (QED) is 0.788. The number of benzene rings is 2. The summed E-state index contributed by atoms with van der Waals surface area (Å²) in [7, 11) is 0. The molecule has 0 heterocycles. The van der Waals surface area contributed by atoms with Crippen molar-refractivity contribution in [2.45, 2.75) is 25.8 Å². The van der Waals surface area contributed by atoms with Gasteiger partial charge in [0.05, 0.1) is 0 Å². The number of hydrogen-bond acceptors (Lipinski definition) is 1. The van der Waals surface area contributed by atoms with Crippen LogP contribution in [0.3, 0.4) is 0 Å². The fourth-order valence-electron chi connectivity index (χ4n) is 2.20. The molecule has 0 saturated carbocycles. The van der Waals surface area contributed by atoms with Crippen LogP contribution in [0, 0.1) is 0 Å². The Hall–Kier alpha value is -1.61. The Bertz CT molecular complexity index is 566. The number of nitrogens with one attached hydrogen (secondary N) is 1. The summed E-state index contributed by atoms with van der Waals surface area (Å²) in [6, 6.07) is 18.1. The van der Waals surface area contributed by atoms with Gasteiger partial charge in [0.25, 0.3) is 5.91 Å². The van der Waals surface area contributed by atoms with Crippen LogP contribution in [0.5, 0.6) is 0 Å². The molecule has 1 amide bonds. The summed E-state index contributed by atoms with van der Waals surface area (Å²) in [4.78, 5) is 12.3. The van der Waals surface area contributed by atoms with Gasteiger partial charge in [0.15, 0.2) is 0 Å². The predicted molar refractivity (Wildman–Crippen MR) is 91.0 cm³/mol. The fourth-order valence-corrected chi connectivity index (χ4v) is 2.59. The van der Waals surface area contributed by atoms with Crippen molar-refractivity contribution >= 4 is 21.8 Å². The SMILES string of the molecule is CCc1ccc(C(=O)NC(CBr)Cc2ccccc2)cc1. The van der Waals surface area contributed by atoms with Crippen LogP contribution in [0.15, 0.2) is 54.6 Å². The van der Waals surface area contributed by atoms with E-state index in [-0.39, 0.29) is 11.9 Å². The lowest BCUT2D eigenvalue weighted by Gasteiger charge is -2.16. The first-order chi connectivity index (χ1) is 10.2.